The van der Waals surface area contributed by atoms with E-state index in [0.717, 1.165) is 0 Å². The molecular weight excluding hydrogens is 350 g/mol. The van der Waals surface area contributed by atoms with E-state index in [9.17, 15) is 0 Å². The van der Waals surface area contributed by atoms with E-state index in [1.807, 2.05) is 0 Å². The maximum Gasteiger partial charge on any atom is 2.00 e. The van der Waals surface area contributed by atoms with Gasteiger partial charge in [-0.05, 0) is 53.1 Å². The molecule has 2 aliphatic rings. The Morgan fingerprint density at radius 1 is 0.476 bits per heavy atom. The van der Waals surface area contributed by atoms with Crippen molar-refractivity contribution in [2.24, 2.45) is 0 Å². The molecule has 2 aliphatic heterocycles. The second kappa shape index (κ2) is 13.4. The van der Waals surface area contributed by atoms with Gasteiger partial charge in [0.15, 0.2) is 0 Å². The Balaban J connectivity index is 0. The molecule has 0 saturated carbocycles. The summed E-state index contributed by atoms with van der Waals surface area (Å²) in [5.41, 5.74) is 0. The van der Waals surface area contributed by atoms with E-state index in [0.29, 0.717) is 0 Å². The molecule has 0 aromatic heterocycles. The summed E-state index contributed by atoms with van der Waals surface area (Å²) in [5.74, 6) is 0. The Bertz CT molecular complexity index is 225. The minimum Gasteiger partial charge on any atom is -1.00 e. The fourth-order valence-electron chi connectivity index (χ4n) is 2.93. The number of hydrogen-bond acceptors (Lipinski definition) is 4. The van der Waals surface area contributed by atoms with Crippen LogP contribution in [0.1, 0.15) is 12.8 Å². The van der Waals surface area contributed by atoms with Gasteiger partial charge in [-0.1, -0.05) is 0 Å². The summed E-state index contributed by atoms with van der Waals surface area (Å²) < 4.78 is 0. The molecule has 0 N–H and O–H groups in total. The molecule has 127 valence electrons. The fourth-order valence-corrected chi connectivity index (χ4v) is 2.93. The van der Waals surface area contributed by atoms with Crippen LogP contribution in [0.15, 0.2) is 0 Å². The first kappa shape index (κ1) is 24.2. The third-order valence-corrected chi connectivity index (χ3v) is 4.36. The number of rotatable bonds is 0. The topological polar surface area (TPSA) is 13.0 Å². The van der Waals surface area contributed by atoms with Crippen LogP contribution < -0.4 is 24.8 Å². The fraction of sp³-hybridized carbons (Fsp3) is 1.00. The first-order valence-corrected chi connectivity index (χ1v) is 7.56. The number of halogens is 2. The first-order chi connectivity index (χ1) is 8.74. The van der Waals surface area contributed by atoms with Crippen LogP contribution in [-0.4, -0.2) is 99.1 Å². The van der Waals surface area contributed by atoms with E-state index >= 15 is 0 Å². The molecule has 2 rings (SSSR count). The normalized spacial score (nSPS) is 29.4. The van der Waals surface area contributed by atoms with Gasteiger partial charge in [0.05, 0.1) is 0 Å². The zero-order valence-corrected chi connectivity index (χ0v) is 16.1. The molecule has 7 heteroatoms. The van der Waals surface area contributed by atoms with Crippen molar-refractivity contribution in [2.75, 3.05) is 79.5 Å². The Hall–Kier alpha value is 0.939. The van der Waals surface area contributed by atoms with Crippen molar-refractivity contribution in [1.82, 2.24) is 19.6 Å². The maximum atomic E-state index is 2.66. The third kappa shape index (κ3) is 9.62. The molecule has 2 fully saturated rings. The van der Waals surface area contributed by atoms with Gasteiger partial charge in [0.25, 0.3) is 0 Å². The number of likely N-dealkylation sites (N-methyl/N-ethyl adjacent to an activating group) is 2. The van der Waals surface area contributed by atoms with Crippen LogP contribution in [0.5, 0.6) is 0 Å². The second-order valence-electron chi connectivity index (χ2n) is 6.00. The van der Waals surface area contributed by atoms with Crippen LogP contribution in [0.25, 0.3) is 0 Å². The Labute approximate surface area is 153 Å². The van der Waals surface area contributed by atoms with Crippen molar-refractivity contribution >= 4 is 0 Å². The van der Waals surface area contributed by atoms with Crippen LogP contribution in [0.2, 0.25) is 0 Å². The summed E-state index contributed by atoms with van der Waals surface area (Å²) in [6, 6.07) is 0. The SMILES string of the molecule is CN1CCCN2CCN(C)CCCN(CC1)CC2.[Cl-].[Cl-].[Mn+2]. The monoisotopic (exact) mass is 379 g/mol. The van der Waals surface area contributed by atoms with Crippen molar-refractivity contribution in [3.63, 3.8) is 0 Å². The summed E-state index contributed by atoms with van der Waals surface area (Å²) in [6.45, 7) is 12.5. The van der Waals surface area contributed by atoms with Gasteiger partial charge >= 0.3 is 17.1 Å². The molecule has 0 amide bonds. The van der Waals surface area contributed by atoms with Gasteiger partial charge in [-0.25, -0.2) is 0 Å². The largest absolute Gasteiger partial charge is 2.00 e. The number of nitrogens with zero attached hydrogens (tertiary/aromatic N) is 4. The van der Waals surface area contributed by atoms with E-state index in [1.165, 1.54) is 78.3 Å². The van der Waals surface area contributed by atoms with Gasteiger partial charge in [-0.2, -0.15) is 0 Å². The van der Waals surface area contributed by atoms with Crippen LogP contribution in [0, 0.1) is 0 Å². The van der Waals surface area contributed by atoms with Crippen LogP contribution >= 0.6 is 0 Å². The molecule has 0 aromatic carbocycles. The quantitative estimate of drug-likeness (QED) is 0.389. The molecule has 2 bridgehead atoms. The minimum atomic E-state index is 0. The van der Waals surface area contributed by atoms with E-state index in [1.54, 1.807) is 0 Å². The summed E-state index contributed by atoms with van der Waals surface area (Å²) in [7, 11) is 4.54. The molecule has 2 atom stereocenters. The van der Waals surface area contributed by atoms with Gasteiger partial charge in [0.1, 0.15) is 0 Å². The van der Waals surface area contributed by atoms with E-state index < -0.39 is 0 Å². The maximum absolute atomic E-state index is 2.66. The van der Waals surface area contributed by atoms with E-state index in [2.05, 4.69) is 33.7 Å². The van der Waals surface area contributed by atoms with Crippen LogP contribution in [0.3, 0.4) is 0 Å². The molecule has 2 unspecified atom stereocenters. The van der Waals surface area contributed by atoms with Gasteiger partial charge in [0.2, 0.25) is 0 Å². The third-order valence-electron chi connectivity index (χ3n) is 4.36. The van der Waals surface area contributed by atoms with Gasteiger partial charge in [-0.3, -0.25) is 0 Å². The van der Waals surface area contributed by atoms with Crippen molar-refractivity contribution in [3.8, 4) is 0 Å². The van der Waals surface area contributed by atoms with Gasteiger partial charge in [0, 0.05) is 39.3 Å². The summed E-state index contributed by atoms with van der Waals surface area (Å²) in [6.07, 6.45) is 2.64. The summed E-state index contributed by atoms with van der Waals surface area (Å²) in [5, 5.41) is 0. The van der Waals surface area contributed by atoms with Crippen molar-refractivity contribution in [1.29, 1.82) is 0 Å². The average Bonchev–Trinajstić information content (AvgIpc) is 2.37. The molecule has 0 spiro atoms. The average molecular weight is 380 g/mol. The van der Waals surface area contributed by atoms with Crippen molar-refractivity contribution in [2.45, 2.75) is 12.8 Å². The molecule has 2 heterocycles. The predicted octanol–water partition coefficient (Wildman–Crippen LogP) is -5.73. The standard InChI is InChI=1S/C14H30N4.2ClH.Mn/c1-15-5-3-7-18-12-10-16(2)6-4-8-17(11-9-15)13-14-18;;;/h3-14H2,1-2H3;2*1H;/q;;;+2/p-2. The van der Waals surface area contributed by atoms with Crippen LogP contribution in [0.4, 0.5) is 0 Å². The molecular formula is C14H30Cl2MnN4. The first-order valence-electron chi connectivity index (χ1n) is 7.56. The van der Waals surface area contributed by atoms with E-state index in [4.69, 9.17) is 0 Å². The zero-order valence-electron chi connectivity index (χ0n) is 13.4. The molecule has 0 aromatic rings. The molecule has 4 nitrogen and oxygen atoms in total. The van der Waals surface area contributed by atoms with Gasteiger partial charge in [-0.15, -0.1) is 0 Å². The number of fused-ring (bicyclic) bond motifs is 3. The second-order valence-corrected chi connectivity index (χ2v) is 6.00. The minimum absolute atomic E-state index is 0. The van der Waals surface area contributed by atoms with Gasteiger partial charge < -0.3 is 44.4 Å². The number of hydrogen-bond donors (Lipinski definition) is 0. The van der Waals surface area contributed by atoms with E-state index in [-0.39, 0.29) is 41.9 Å². The Kier molecular flexibility index (Phi) is 15.4. The Morgan fingerprint density at radius 3 is 1.19 bits per heavy atom. The van der Waals surface area contributed by atoms with Crippen molar-refractivity contribution < 1.29 is 41.9 Å². The molecule has 21 heavy (non-hydrogen) atoms. The summed E-state index contributed by atoms with van der Waals surface area (Å²) in [4.78, 5) is 10.3. The predicted molar refractivity (Wildman–Crippen MR) is 77.1 cm³/mol. The Morgan fingerprint density at radius 2 is 0.810 bits per heavy atom. The smallest absolute Gasteiger partial charge is 1.00 e. The molecule has 1 radical (unpaired) electrons. The van der Waals surface area contributed by atoms with Crippen LogP contribution in [-0.2, 0) is 17.1 Å². The summed E-state index contributed by atoms with van der Waals surface area (Å²) >= 11 is 0. The zero-order chi connectivity index (χ0) is 12.8. The molecule has 0 aliphatic carbocycles. The van der Waals surface area contributed by atoms with Crippen molar-refractivity contribution in [3.05, 3.63) is 0 Å². The molecule has 2 saturated heterocycles.